The van der Waals surface area contributed by atoms with Crippen LogP contribution in [0.15, 0.2) is 29.2 Å². The number of nitrogens with one attached hydrogen (secondary N) is 1. The molecule has 3 rings (SSSR count). The third kappa shape index (κ3) is 2.18. The Hall–Kier alpha value is -1.97. The molecule has 0 amide bonds. The summed E-state index contributed by atoms with van der Waals surface area (Å²) in [5.41, 5.74) is 2.82. The van der Waals surface area contributed by atoms with E-state index in [-0.39, 0.29) is 5.56 Å². The summed E-state index contributed by atoms with van der Waals surface area (Å²) in [6.07, 6.45) is 6.36. The molecule has 18 heavy (non-hydrogen) atoms. The molecule has 0 saturated carbocycles. The van der Waals surface area contributed by atoms with E-state index in [1.165, 1.54) is 0 Å². The molecule has 0 aromatic carbocycles. The first-order chi connectivity index (χ1) is 8.83. The Labute approximate surface area is 105 Å². The maximum Gasteiger partial charge on any atom is 0.254 e. The predicted octanol–water partition coefficient (Wildman–Crippen LogP) is 1.63. The summed E-state index contributed by atoms with van der Waals surface area (Å²) in [5, 5.41) is 0. The topological polar surface area (TPSA) is 58.6 Å². The Kier molecular flexibility index (Phi) is 2.92. The number of hydrogen-bond donors (Lipinski definition) is 1. The van der Waals surface area contributed by atoms with Gasteiger partial charge in [0.25, 0.3) is 5.56 Å². The second-order valence-electron chi connectivity index (χ2n) is 4.64. The second-order valence-corrected chi connectivity index (χ2v) is 4.64. The highest BCUT2D eigenvalue weighted by atomic mass is 16.1. The number of aryl methyl sites for hydroxylation is 1. The van der Waals surface area contributed by atoms with Gasteiger partial charge in [0.2, 0.25) is 0 Å². The van der Waals surface area contributed by atoms with Crippen LogP contribution in [0.1, 0.15) is 35.6 Å². The van der Waals surface area contributed by atoms with E-state index < -0.39 is 0 Å². The number of nitrogens with zero attached hydrogens (tertiary/aromatic N) is 2. The molecule has 1 aliphatic rings. The lowest BCUT2D eigenvalue weighted by molar-refractivity contribution is 0.648. The van der Waals surface area contributed by atoms with E-state index in [0.29, 0.717) is 6.42 Å². The van der Waals surface area contributed by atoms with Crippen molar-refractivity contribution in [2.24, 2.45) is 0 Å². The lowest BCUT2D eigenvalue weighted by Crippen LogP contribution is -2.23. The molecule has 4 heteroatoms. The fourth-order valence-corrected chi connectivity index (χ4v) is 2.41. The number of H-pyrrole nitrogens is 1. The number of aromatic amines is 1. The largest absolute Gasteiger partial charge is 0.310 e. The van der Waals surface area contributed by atoms with Gasteiger partial charge in [-0.1, -0.05) is 6.07 Å². The Balaban J connectivity index is 1.94. The zero-order chi connectivity index (χ0) is 12.4. The van der Waals surface area contributed by atoms with Crippen LogP contribution in [0.3, 0.4) is 0 Å². The van der Waals surface area contributed by atoms with Gasteiger partial charge in [0.15, 0.2) is 0 Å². The van der Waals surface area contributed by atoms with Gasteiger partial charge in [-0.25, -0.2) is 4.98 Å². The molecular weight excluding hydrogens is 226 g/mol. The Morgan fingerprint density at radius 2 is 2.11 bits per heavy atom. The van der Waals surface area contributed by atoms with Crippen molar-refractivity contribution in [2.75, 3.05) is 0 Å². The standard InChI is InChI=1S/C14H15N3O/c18-14-11-6-1-2-7-12(11)16-13(17-14)9-10-5-3-4-8-15-10/h3-5,8H,1-2,6-7,9H2,(H,16,17,18). The molecule has 0 atom stereocenters. The highest BCUT2D eigenvalue weighted by Crippen LogP contribution is 2.16. The Bertz CT molecular complexity index is 604. The van der Waals surface area contributed by atoms with Crippen LogP contribution in [-0.2, 0) is 19.3 Å². The van der Waals surface area contributed by atoms with Crippen molar-refractivity contribution in [3.8, 4) is 0 Å². The van der Waals surface area contributed by atoms with E-state index in [0.717, 1.165) is 48.5 Å². The molecule has 1 N–H and O–H groups in total. The van der Waals surface area contributed by atoms with Crippen LogP contribution in [-0.4, -0.2) is 15.0 Å². The van der Waals surface area contributed by atoms with E-state index in [1.807, 2.05) is 18.2 Å². The highest BCUT2D eigenvalue weighted by molar-refractivity contribution is 5.22. The SMILES string of the molecule is O=c1[nH]c(Cc2ccccn2)nc2c1CCCC2. The third-order valence-electron chi connectivity index (χ3n) is 3.32. The molecule has 0 unspecified atom stereocenters. The average molecular weight is 241 g/mol. The van der Waals surface area contributed by atoms with E-state index >= 15 is 0 Å². The molecule has 0 spiro atoms. The molecule has 2 aromatic rings. The molecule has 4 nitrogen and oxygen atoms in total. The van der Waals surface area contributed by atoms with E-state index in [4.69, 9.17) is 0 Å². The van der Waals surface area contributed by atoms with Gasteiger partial charge in [-0.2, -0.15) is 0 Å². The lowest BCUT2D eigenvalue weighted by atomic mass is 9.97. The molecule has 0 fully saturated rings. The zero-order valence-corrected chi connectivity index (χ0v) is 10.1. The Morgan fingerprint density at radius 3 is 2.94 bits per heavy atom. The molecule has 0 radical (unpaired) electrons. The fraction of sp³-hybridized carbons (Fsp3) is 0.357. The number of pyridine rings is 1. The summed E-state index contributed by atoms with van der Waals surface area (Å²) in [6, 6.07) is 5.77. The van der Waals surface area contributed by atoms with Crippen molar-refractivity contribution in [2.45, 2.75) is 32.1 Å². The summed E-state index contributed by atoms with van der Waals surface area (Å²) in [5.74, 6) is 0.722. The first-order valence-electron chi connectivity index (χ1n) is 6.34. The summed E-state index contributed by atoms with van der Waals surface area (Å²) >= 11 is 0. The van der Waals surface area contributed by atoms with Crippen molar-refractivity contribution in [3.05, 3.63) is 57.5 Å². The number of aromatic nitrogens is 3. The number of rotatable bonds is 2. The number of fused-ring (bicyclic) bond motifs is 1. The zero-order valence-electron chi connectivity index (χ0n) is 10.1. The van der Waals surface area contributed by atoms with Gasteiger partial charge in [0, 0.05) is 23.9 Å². The predicted molar refractivity (Wildman–Crippen MR) is 68.5 cm³/mol. The van der Waals surface area contributed by atoms with Gasteiger partial charge in [-0.15, -0.1) is 0 Å². The van der Waals surface area contributed by atoms with E-state index in [9.17, 15) is 4.79 Å². The van der Waals surface area contributed by atoms with Gasteiger partial charge < -0.3 is 4.98 Å². The molecule has 2 aromatic heterocycles. The molecule has 1 aliphatic carbocycles. The maximum atomic E-state index is 12.0. The van der Waals surface area contributed by atoms with Gasteiger partial charge in [0.05, 0.1) is 5.69 Å². The highest BCUT2D eigenvalue weighted by Gasteiger charge is 2.15. The van der Waals surface area contributed by atoms with Crippen LogP contribution in [0.4, 0.5) is 0 Å². The molecule has 92 valence electrons. The average Bonchev–Trinajstić information content (AvgIpc) is 2.40. The van der Waals surface area contributed by atoms with Crippen LogP contribution in [0.25, 0.3) is 0 Å². The monoisotopic (exact) mass is 241 g/mol. The molecule has 0 bridgehead atoms. The summed E-state index contributed by atoms with van der Waals surface area (Å²) < 4.78 is 0. The smallest absolute Gasteiger partial charge is 0.254 e. The quantitative estimate of drug-likeness (QED) is 0.869. The van der Waals surface area contributed by atoms with Gasteiger partial charge in [-0.3, -0.25) is 9.78 Å². The van der Waals surface area contributed by atoms with Gasteiger partial charge >= 0.3 is 0 Å². The first kappa shape index (κ1) is 11.1. The van der Waals surface area contributed by atoms with Gasteiger partial charge in [-0.05, 0) is 37.8 Å². The van der Waals surface area contributed by atoms with Crippen LogP contribution in [0.5, 0.6) is 0 Å². The minimum absolute atomic E-state index is 0.0330. The van der Waals surface area contributed by atoms with Crippen molar-refractivity contribution in [1.29, 1.82) is 0 Å². The maximum absolute atomic E-state index is 12.0. The van der Waals surface area contributed by atoms with Crippen LogP contribution in [0, 0.1) is 0 Å². The second kappa shape index (κ2) is 4.72. The van der Waals surface area contributed by atoms with Crippen molar-refractivity contribution >= 4 is 0 Å². The lowest BCUT2D eigenvalue weighted by Gasteiger charge is -2.14. The van der Waals surface area contributed by atoms with Crippen molar-refractivity contribution < 1.29 is 0 Å². The summed E-state index contributed by atoms with van der Waals surface area (Å²) in [7, 11) is 0. The third-order valence-corrected chi connectivity index (χ3v) is 3.32. The fourth-order valence-electron chi connectivity index (χ4n) is 2.41. The van der Waals surface area contributed by atoms with Crippen molar-refractivity contribution in [1.82, 2.24) is 15.0 Å². The Morgan fingerprint density at radius 1 is 1.22 bits per heavy atom. The van der Waals surface area contributed by atoms with Crippen LogP contribution >= 0.6 is 0 Å². The van der Waals surface area contributed by atoms with E-state index in [1.54, 1.807) is 6.20 Å². The van der Waals surface area contributed by atoms with Gasteiger partial charge in [0.1, 0.15) is 5.82 Å². The molecule has 2 heterocycles. The molecule has 0 saturated heterocycles. The minimum atomic E-state index is 0.0330. The summed E-state index contributed by atoms with van der Waals surface area (Å²) in [4.78, 5) is 23.7. The number of hydrogen-bond acceptors (Lipinski definition) is 3. The molecule has 0 aliphatic heterocycles. The first-order valence-corrected chi connectivity index (χ1v) is 6.34. The normalized spacial score (nSPS) is 14.2. The molecular formula is C14H15N3O. The van der Waals surface area contributed by atoms with Crippen LogP contribution in [0.2, 0.25) is 0 Å². The van der Waals surface area contributed by atoms with Crippen molar-refractivity contribution in [3.63, 3.8) is 0 Å². The van der Waals surface area contributed by atoms with E-state index in [2.05, 4.69) is 15.0 Å². The summed E-state index contributed by atoms with van der Waals surface area (Å²) in [6.45, 7) is 0. The van der Waals surface area contributed by atoms with Crippen LogP contribution < -0.4 is 5.56 Å². The minimum Gasteiger partial charge on any atom is -0.310 e.